The summed E-state index contributed by atoms with van der Waals surface area (Å²) in [4.78, 5) is 4.91. The van der Waals surface area contributed by atoms with E-state index in [1.807, 2.05) is 56.5 Å². The predicted octanol–water partition coefficient (Wildman–Crippen LogP) is 5.32. The minimum absolute atomic E-state index is 0.224. The van der Waals surface area contributed by atoms with Gasteiger partial charge in [-0.25, -0.2) is 18.1 Å². The van der Waals surface area contributed by atoms with E-state index in [0.717, 1.165) is 21.8 Å². The average Bonchev–Trinajstić information content (AvgIpc) is 3.03. The number of rotatable bonds is 4. The van der Waals surface area contributed by atoms with Crippen molar-refractivity contribution in [1.82, 2.24) is 9.71 Å². The second-order valence-electron chi connectivity index (χ2n) is 6.90. The quantitative estimate of drug-likeness (QED) is 0.585. The molecule has 0 saturated carbocycles. The van der Waals surface area contributed by atoms with Crippen molar-refractivity contribution in [2.75, 3.05) is 0 Å². The molecule has 3 aromatic rings. The molecule has 0 unspecified atom stereocenters. The maximum atomic E-state index is 12.5. The fourth-order valence-corrected chi connectivity index (χ4v) is 5.45. The molecule has 0 aliphatic rings. The van der Waals surface area contributed by atoms with Crippen LogP contribution in [-0.4, -0.2) is 18.9 Å². The van der Waals surface area contributed by atoms with Crippen molar-refractivity contribution in [3.63, 3.8) is 0 Å². The van der Waals surface area contributed by atoms with Crippen molar-refractivity contribution >= 4 is 37.3 Å². The molecule has 1 aromatic heterocycles. The van der Waals surface area contributed by atoms with Crippen LogP contribution in [0, 0.1) is 0 Å². The van der Waals surface area contributed by atoms with E-state index in [4.69, 9.17) is 0 Å². The maximum Gasteiger partial charge on any atom is 0.241 e. The highest BCUT2D eigenvalue weighted by Crippen LogP contribution is 2.34. The van der Waals surface area contributed by atoms with Crippen molar-refractivity contribution in [1.29, 1.82) is 0 Å². The Hall–Kier alpha value is -1.54. The number of hydrogen-bond donors (Lipinski definition) is 1. The molecular weight excluding hydrogens is 432 g/mol. The van der Waals surface area contributed by atoms with Gasteiger partial charge in [0.2, 0.25) is 10.0 Å². The zero-order valence-electron chi connectivity index (χ0n) is 14.7. The monoisotopic (exact) mass is 450 g/mol. The number of halogens is 1. The highest BCUT2D eigenvalue weighted by Gasteiger charge is 2.23. The first kappa shape index (κ1) is 19.2. The molecule has 2 aromatic carbocycles. The molecule has 0 atom stereocenters. The van der Waals surface area contributed by atoms with Crippen LogP contribution in [0.3, 0.4) is 0 Å². The Balaban J connectivity index is 1.93. The van der Waals surface area contributed by atoms with Crippen LogP contribution in [0.15, 0.2) is 63.3 Å². The zero-order valence-corrected chi connectivity index (χ0v) is 17.9. The molecule has 26 heavy (non-hydrogen) atoms. The lowest BCUT2D eigenvalue weighted by Crippen LogP contribution is -2.40. The van der Waals surface area contributed by atoms with E-state index in [0.29, 0.717) is 4.47 Å². The molecular formula is C19H19BrN2O2S2. The molecule has 1 heterocycles. The molecule has 0 aliphatic heterocycles. The Bertz CT molecular complexity index is 1020. The van der Waals surface area contributed by atoms with Crippen molar-refractivity contribution < 1.29 is 8.42 Å². The van der Waals surface area contributed by atoms with Gasteiger partial charge in [0.25, 0.3) is 0 Å². The predicted molar refractivity (Wildman–Crippen MR) is 111 cm³/mol. The lowest BCUT2D eigenvalue weighted by molar-refractivity contribution is 0.491. The van der Waals surface area contributed by atoms with Gasteiger partial charge in [-0.1, -0.05) is 52.3 Å². The van der Waals surface area contributed by atoms with Gasteiger partial charge >= 0.3 is 0 Å². The van der Waals surface area contributed by atoms with Gasteiger partial charge in [0.1, 0.15) is 5.01 Å². The van der Waals surface area contributed by atoms with E-state index in [9.17, 15) is 8.42 Å². The number of benzene rings is 2. The second kappa shape index (κ2) is 7.23. The molecule has 136 valence electrons. The smallest absolute Gasteiger partial charge is 0.236 e. The van der Waals surface area contributed by atoms with Gasteiger partial charge in [-0.3, -0.25) is 0 Å². The topological polar surface area (TPSA) is 59.1 Å². The minimum atomic E-state index is -3.58. The first-order valence-electron chi connectivity index (χ1n) is 8.00. The van der Waals surface area contributed by atoms with Gasteiger partial charge in [0.05, 0.1) is 10.6 Å². The summed E-state index contributed by atoms with van der Waals surface area (Å²) < 4.78 is 28.3. The molecule has 0 saturated heterocycles. The number of sulfonamides is 1. The summed E-state index contributed by atoms with van der Waals surface area (Å²) in [6.07, 6.45) is 0. The molecule has 7 heteroatoms. The highest BCUT2D eigenvalue weighted by atomic mass is 79.9. The fourth-order valence-electron chi connectivity index (χ4n) is 2.44. The third-order valence-corrected chi connectivity index (χ3v) is 6.80. The molecule has 0 aliphatic carbocycles. The Labute approximate surface area is 166 Å². The van der Waals surface area contributed by atoms with Crippen molar-refractivity contribution in [3.05, 3.63) is 58.4 Å². The van der Waals surface area contributed by atoms with E-state index < -0.39 is 15.6 Å². The summed E-state index contributed by atoms with van der Waals surface area (Å²) in [5, 5.41) is 2.91. The largest absolute Gasteiger partial charge is 0.241 e. The maximum absolute atomic E-state index is 12.5. The van der Waals surface area contributed by atoms with Crippen LogP contribution < -0.4 is 4.72 Å². The summed E-state index contributed by atoms with van der Waals surface area (Å²) in [7, 11) is -3.58. The second-order valence-corrected chi connectivity index (χ2v) is 10.3. The molecule has 1 N–H and O–H groups in total. The van der Waals surface area contributed by atoms with Crippen molar-refractivity contribution in [2.45, 2.75) is 31.2 Å². The number of hydrogen-bond acceptors (Lipinski definition) is 4. The minimum Gasteiger partial charge on any atom is -0.236 e. The van der Waals surface area contributed by atoms with Gasteiger partial charge in [-0.05, 0) is 32.9 Å². The van der Waals surface area contributed by atoms with Crippen molar-refractivity contribution in [2.24, 2.45) is 0 Å². The van der Waals surface area contributed by atoms with Crippen LogP contribution in [0.5, 0.6) is 0 Å². The Morgan fingerprint density at radius 3 is 2.38 bits per heavy atom. The number of aromatic nitrogens is 1. The van der Waals surface area contributed by atoms with Crippen LogP contribution in [0.1, 0.15) is 20.8 Å². The SMILES string of the molecule is CC(C)(C)NS(=O)(=O)c1ccc(-c2csc(-c3ccccc3)n2)c(Br)c1. The summed E-state index contributed by atoms with van der Waals surface area (Å²) in [5.41, 5.74) is 2.20. The molecule has 3 rings (SSSR count). The van der Waals surface area contributed by atoms with Crippen LogP contribution in [0.4, 0.5) is 0 Å². The van der Waals surface area contributed by atoms with Gasteiger partial charge < -0.3 is 0 Å². The summed E-state index contributed by atoms with van der Waals surface area (Å²) >= 11 is 5.06. The van der Waals surface area contributed by atoms with E-state index in [1.165, 1.54) is 0 Å². The standard InChI is InChI=1S/C19H19BrN2O2S2/c1-19(2,3)22-26(23,24)14-9-10-15(16(20)11-14)17-12-25-18(21-17)13-7-5-4-6-8-13/h4-12,22H,1-3H3. The Morgan fingerprint density at radius 1 is 1.08 bits per heavy atom. The first-order chi connectivity index (χ1) is 12.2. The van der Waals surface area contributed by atoms with Gasteiger partial charge in [-0.15, -0.1) is 11.3 Å². The third kappa shape index (κ3) is 4.40. The first-order valence-corrected chi connectivity index (χ1v) is 11.2. The van der Waals surface area contributed by atoms with Gasteiger partial charge in [0.15, 0.2) is 0 Å². The Kier molecular flexibility index (Phi) is 5.35. The molecule has 0 spiro atoms. The summed E-state index contributed by atoms with van der Waals surface area (Å²) in [6, 6.07) is 15.0. The molecule has 0 radical (unpaired) electrons. The lowest BCUT2D eigenvalue weighted by atomic mass is 10.1. The summed E-state index contributed by atoms with van der Waals surface area (Å²) in [6.45, 7) is 5.44. The van der Waals surface area contributed by atoms with Crippen LogP contribution >= 0.6 is 27.3 Å². The van der Waals surface area contributed by atoms with E-state index in [1.54, 1.807) is 29.5 Å². The van der Waals surface area contributed by atoms with E-state index in [-0.39, 0.29) is 4.90 Å². The van der Waals surface area contributed by atoms with Crippen LogP contribution in [0.2, 0.25) is 0 Å². The third-order valence-electron chi connectivity index (χ3n) is 3.49. The number of thiazole rings is 1. The van der Waals surface area contributed by atoms with Crippen molar-refractivity contribution in [3.8, 4) is 21.8 Å². The van der Waals surface area contributed by atoms with E-state index in [2.05, 4.69) is 25.6 Å². The molecule has 0 bridgehead atoms. The number of nitrogens with zero attached hydrogens (tertiary/aromatic N) is 1. The average molecular weight is 451 g/mol. The zero-order chi connectivity index (χ0) is 18.9. The molecule has 0 amide bonds. The normalized spacial score (nSPS) is 12.3. The van der Waals surface area contributed by atoms with Gasteiger partial charge in [-0.2, -0.15) is 0 Å². The van der Waals surface area contributed by atoms with Crippen LogP contribution in [-0.2, 0) is 10.0 Å². The summed E-state index contributed by atoms with van der Waals surface area (Å²) in [5.74, 6) is 0. The Morgan fingerprint density at radius 2 is 1.77 bits per heavy atom. The highest BCUT2D eigenvalue weighted by molar-refractivity contribution is 9.10. The lowest BCUT2D eigenvalue weighted by Gasteiger charge is -2.20. The molecule has 4 nitrogen and oxygen atoms in total. The molecule has 0 fully saturated rings. The number of nitrogens with one attached hydrogen (secondary N) is 1. The van der Waals surface area contributed by atoms with Crippen LogP contribution in [0.25, 0.3) is 21.8 Å². The fraction of sp³-hybridized carbons (Fsp3) is 0.211. The van der Waals surface area contributed by atoms with Gasteiger partial charge in [0, 0.05) is 26.5 Å². The van der Waals surface area contributed by atoms with E-state index >= 15 is 0 Å².